The zero-order valence-electron chi connectivity index (χ0n) is 9.39. The Bertz CT molecular complexity index is 349. The van der Waals surface area contributed by atoms with Gasteiger partial charge in [0.05, 0.1) is 11.5 Å². The van der Waals surface area contributed by atoms with Gasteiger partial charge in [0.2, 0.25) is 0 Å². The van der Waals surface area contributed by atoms with Crippen LogP contribution in [0.2, 0.25) is 0 Å². The summed E-state index contributed by atoms with van der Waals surface area (Å²) < 4.78 is 0. The largest absolute Gasteiger partial charge is 0.387 e. The molecule has 1 unspecified atom stereocenters. The van der Waals surface area contributed by atoms with Crippen molar-refractivity contribution in [2.24, 2.45) is 11.7 Å². The van der Waals surface area contributed by atoms with Crippen molar-refractivity contribution in [3.63, 3.8) is 0 Å². The van der Waals surface area contributed by atoms with E-state index < -0.39 is 0 Å². The predicted molar refractivity (Wildman–Crippen MR) is 64.2 cm³/mol. The van der Waals surface area contributed by atoms with Gasteiger partial charge in [-0.3, -0.25) is 15.3 Å². The van der Waals surface area contributed by atoms with Gasteiger partial charge in [0.1, 0.15) is 0 Å². The van der Waals surface area contributed by atoms with Crippen molar-refractivity contribution in [2.45, 2.75) is 19.4 Å². The molecule has 1 aromatic rings. The molecule has 1 aliphatic heterocycles. The number of piperidine rings is 1. The lowest BCUT2D eigenvalue weighted by Crippen LogP contribution is -2.40. The predicted octanol–water partition coefficient (Wildman–Crippen LogP) is 1.23. The molecule has 2 rings (SSSR count). The summed E-state index contributed by atoms with van der Waals surface area (Å²) in [5.41, 5.74) is 6.65. The third kappa shape index (κ3) is 2.79. The van der Waals surface area contributed by atoms with Crippen LogP contribution in [0.1, 0.15) is 18.5 Å². The van der Waals surface area contributed by atoms with E-state index in [4.69, 9.17) is 11.1 Å². The van der Waals surface area contributed by atoms with Crippen LogP contribution in [0.4, 0.5) is 0 Å². The summed E-state index contributed by atoms with van der Waals surface area (Å²) in [7, 11) is 0. The van der Waals surface area contributed by atoms with Crippen LogP contribution in [0.25, 0.3) is 0 Å². The number of hydrogen-bond acceptors (Lipinski definition) is 3. The maximum Gasteiger partial charge on any atom is 0.0949 e. The minimum atomic E-state index is 0.234. The molecule has 2 heterocycles. The van der Waals surface area contributed by atoms with Crippen LogP contribution >= 0.6 is 0 Å². The molecular weight excluding hydrogens is 200 g/mol. The highest BCUT2D eigenvalue weighted by Gasteiger charge is 2.21. The Labute approximate surface area is 96.0 Å². The molecule has 0 aliphatic carbocycles. The lowest BCUT2D eigenvalue weighted by Gasteiger charge is -2.31. The van der Waals surface area contributed by atoms with Crippen molar-refractivity contribution >= 4 is 5.84 Å². The number of nitrogens with zero attached hydrogens (tertiary/aromatic N) is 2. The molecule has 0 saturated carbocycles. The molecule has 4 nitrogen and oxygen atoms in total. The second-order valence-electron chi connectivity index (χ2n) is 4.35. The summed E-state index contributed by atoms with van der Waals surface area (Å²) in [5, 5.41) is 7.49. The van der Waals surface area contributed by atoms with E-state index in [1.54, 1.807) is 0 Å². The molecule has 0 radical (unpaired) electrons. The molecule has 86 valence electrons. The van der Waals surface area contributed by atoms with Crippen LogP contribution < -0.4 is 5.73 Å². The second-order valence-corrected chi connectivity index (χ2v) is 4.35. The fourth-order valence-electron chi connectivity index (χ4n) is 2.17. The maximum atomic E-state index is 7.49. The van der Waals surface area contributed by atoms with Gasteiger partial charge in [0, 0.05) is 25.2 Å². The van der Waals surface area contributed by atoms with E-state index in [1.165, 1.54) is 0 Å². The highest BCUT2D eigenvalue weighted by Crippen LogP contribution is 2.17. The number of pyridine rings is 1. The highest BCUT2D eigenvalue weighted by atomic mass is 15.1. The minimum absolute atomic E-state index is 0.234. The summed E-state index contributed by atoms with van der Waals surface area (Å²) in [6.45, 7) is 2.84. The number of rotatable bonds is 3. The maximum absolute atomic E-state index is 7.49. The van der Waals surface area contributed by atoms with Crippen molar-refractivity contribution in [2.75, 3.05) is 13.1 Å². The molecule has 4 heteroatoms. The summed E-state index contributed by atoms with van der Waals surface area (Å²) in [4.78, 5) is 6.65. The van der Waals surface area contributed by atoms with Gasteiger partial charge in [-0.1, -0.05) is 6.07 Å². The number of aromatic nitrogens is 1. The first-order valence-electron chi connectivity index (χ1n) is 5.72. The Kier molecular flexibility index (Phi) is 3.51. The van der Waals surface area contributed by atoms with Crippen molar-refractivity contribution in [1.82, 2.24) is 9.88 Å². The van der Waals surface area contributed by atoms with Gasteiger partial charge in [-0.25, -0.2) is 0 Å². The van der Waals surface area contributed by atoms with Gasteiger partial charge in [0.15, 0.2) is 0 Å². The molecule has 16 heavy (non-hydrogen) atoms. The first kappa shape index (κ1) is 11.1. The van der Waals surface area contributed by atoms with Gasteiger partial charge in [-0.15, -0.1) is 0 Å². The van der Waals surface area contributed by atoms with Gasteiger partial charge >= 0.3 is 0 Å². The Balaban J connectivity index is 1.93. The molecule has 1 fully saturated rings. The quantitative estimate of drug-likeness (QED) is 0.592. The normalized spacial score (nSPS) is 21.9. The number of nitrogens with one attached hydrogen (secondary N) is 1. The van der Waals surface area contributed by atoms with E-state index in [9.17, 15) is 0 Å². The molecule has 0 amide bonds. The summed E-state index contributed by atoms with van der Waals surface area (Å²) in [5.74, 6) is 0.559. The zero-order valence-corrected chi connectivity index (χ0v) is 9.39. The van der Waals surface area contributed by atoms with E-state index >= 15 is 0 Å². The Hall–Kier alpha value is -1.42. The molecule has 1 aromatic heterocycles. The van der Waals surface area contributed by atoms with Crippen LogP contribution in [0.5, 0.6) is 0 Å². The highest BCUT2D eigenvalue weighted by molar-refractivity contribution is 5.79. The smallest absolute Gasteiger partial charge is 0.0949 e. The van der Waals surface area contributed by atoms with Crippen LogP contribution in [0.15, 0.2) is 24.4 Å². The van der Waals surface area contributed by atoms with Gasteiger partial charge in [0.25, 0.3) is 0 Å². The molecule has 0 aromatic carbocycles. The fraction of sp³-hybridized carbons (Fsp3) is 0.500. The number of hydrogen-bond donors (Lipinski definition) is 2. The van der Waals surface area contributed by atoms with Crippen LogP contribution in [-0.2, 0) is 6.54 Å². The SMILES string of the molecule is N=C(N)C1CCCN(Cc2ccccn2)C1. The third-order valence-corrected chi connectivity index (χ3v) is 3.06. The molecule has 0 bridgehead atoms. The third-order valence-electron chi connectivity index (χ3n) is 3.06. The standard InChI is InChI=1S/C12H18N4/c13-12(14)10-4-3-7-16(8-10)9-11-5-1-2-6-15-11/h1-2,5-6,10H,3-4,7-9H2,(H3,13,14). The monoisotopic (exact) mass is 218 g/mol. The molecule has 1 saturated heterocycles. The molecular formula is C12H18N4. The Morgan fingerprint density at radius 3 is 3.12 bits per heavy atom. The van der Waals surface area contributed by atoms with Crippen molar-refractivity contribution in [3.8, 4) is 0 Å². The number of amidine groups is 1. The Morgan fingerprint density at radius 1 is 1.56 bits per heavy atom. The molecule has 0 spiro atoms. The van der Waals surface area contributed by atoms with Gasteiger partial charge in [-0.05, 0) is 31.5 Å². The van der Waals surface area contributed by atoms with E-state index in [2.05, 4.69) is 9.88 Å². The van der Waals surface area contributed by atoms with Crippen molar-refractivity contribution in [1.29, 1.82) is 5.41 Å². The second kappa shape index (κ2) is 5.07. The lowest BCUT2D eigenvalue weighted by atomic mass is 9.97. The summed E-state index contributed by atoms with van der Waals surface area (Å²) in [6.07, 6.45) is 3.99. The zero-order chi connectivity index (χ0) is 11.4. The molecule has 3 N–H and O–H groups in total. The van der Waals surface area contributed by atoms with Crippen LogP contribution in [0, 0.1) is 11.3 Å². The number of nitrogens with two attached hydrogens (primary N) is 1. The van der Waals surface area contributed by atoms with E-state index in [0.29, 0.717) is 5.84 Å². The molecule has 1 aliphatic rings. The lowest BCUT2D eigenvalue weighted by molar-refractivity contribution is 0.194. The van der Waals surface area contributed by atoms with Crippen LogP contribution in [0.3, 0.4) is 0 Å². The minimum Gasteiger partial charge on any atom is -0.387 e. The Morgan fingerprint density at radius 2 is 2.44 bits per heavy atom. The van der Waals surface area contributed by atoms with Crippen molar-refractivity contribution in [3.05, 3.63) is 30.1 Å². The topological polar surface area (TPSA) is 66.0 Å². The molecule has 1 atom stereocenters. The summed E-state index contributed by atoms with van der Waals surface area (Å²) >= 11 is 0. The van der Waals surface area contributed by atoms with Gasteiger partial charge in [-0.2, -0.15) is 0 Å². The first-order valence-corrected chi connectivity index (χ1v) is 5.72. The van der Waals surface area contributed by atoms with Crippen molar-refractivity contribution < 1.29 is 0 Å². The van der Waals surface area contributed by atoms with E-state index in [1.807, 2.05) is 24.4 Å². The average molecular weight is 218 g/mol. The van der Waals surface area contributed by atoms with Crippen LogP contribution in [-0.4, -0.2) is 28.8 Å². The average Bonchev–Trinajstić information content (AvgIpc) is 2.30. The summed E-state index contributed by atoms with van der Waals surface area (Å²) in [6, 6.07) is 5.98. The first-order chi connectivity index (χ1) is 7.75. The number of likely N-dealkylation sites (tertiary alicyclic amines) is 1. The van der Waals surface area contributed by atoms with E-state index in [-0.39, 0.29) is 5.92 Å². The fourth-order valence-corrected chi connectivity index (χ4v) is 2.17. The van der Waals surface area contributed by atoms with Gasteiger partial charge < -0.3 is 5.73 Å². The van der Waals surface area contributed by atoms with E-state index in [0.717, 1.165) is 38.2 Å².